The van der Waals surface area contributed by atoms with Crippen molar-refractivity contribution in [2.24, 2.45) is 0 Å². The lowest BCUT2D eigenvalue weighted by Gasteiger charge is -2.17. The smallest absolute Gasteiger partial charge is 0.259 e. The van der Waals surface area contributed by atoms with Crippen LogP contribution in [-0.4, -0.2) is 37.4 Å². The molecule has 0 bridgehead atoms. The number of pyridine rings is 1. The van der Waals surface area contributed by atoms with Crippen molar-refractivity contribution in [1.82, 2.24) is 4.98 Å². The van der Waals surface area contributed by atoms with E-state index < -0.39 is 0 Å². The summed E-state index contributed by atoms with van der Waals surface area (Å²) in [6.45, 7) is 0.616. The summed E-state index contributed by atoms with van der Waals surface area (Å²) in [4.78, 5) is 33.2. The van der Waals surface area contributed by atoms with Gasteiger partial charge in [-0.3, -0.25) is 14.6 Å². The third kappa shape index (κ3) is 3.82. The molecule has 2 amide bonds. The number of aromatic nitrogens is 1. The molecule has 0 aliphatic carbocycles. The number of carbonyl (C=O) groups excluding carboxylic acids is 2. The van der Waals surface area contributed by atoms with Crippen LogP contribution < -0.4 is 15.1 Å². The van der Waals surface area contributed by atoms with Crippen molar-refractivity contribution in [3.63, 3.8) is 0 Å². The van der Waals surface area contributed by atoms with Crippen LogP contribution in [0.2, 0.25) is 0 Å². The summed E-state index contributed by atoms with van der Waals surface area (Å²) < 4.78 is 0. The van der Waals surface area contributed by atoms with E-state index in [0.29, 0.717) is 17.7 Å². The van der Waals surface area contributed by atoms with E-state index in [4.69, 9.17) is 0 Å². The standard InChI is InChI=1S/C23H22N4O2/c1-26(2)20-7-3-5-17(14-20)22(28)25-19-8-9-21-16(13-19)10-12-27(21)23(29)18-6-4-11-24-15-18/h3-9,11,13-15H,10,12H2,1-2H3,(H,25,28). The highest BCUT2D eigenvalue weighted by Crippen LogP contribution is 2.31. The number of rotatable bonds is 4. The molecule has 29 heavy (non-hydrogen) atoms. The van der Waals surface area contributed by atoms with Gasteiger partial charge in [0.1, 0.15) is 0 Å². The molecular formula is C23H22N4O2. The quantitative estimate of drug-likeness (QED) is 0.744. The van der Waals surface area contributed by atoms with Gasteiger partial charge in [0.2, 0.25) is 0 Å². The summed E-state index contributed by atoms with van der Waals surface area (Å²) in [5.41, 5.74) is 4.79. The molecule has 4 rings (SSSR count). The molecule has 0 saturated heterocycles. The Labute approximate surface area is 169 Å². The lowest BCUT2D eigenvalue weighted by atomic mass is 10.1. The Hall–Kier alpha value is -3.67. The van der Waals surface area contributed by atoms with Gasteiger partial charge in [-0.25, -0.2) is 0 Å². The second-order valence-electron chi connectivity index (χ2n) is 7.19. The number of hydrogen-bond acceptors (Lipinski definition) is 4. The highest BCUT2D eigenvalue weighted by Gasteiger charge is 2.26. The largest absolute Gasteiger partial charge is 0.378 e. The van der Waals surface area contributed by atoms with Crippen LogP contribution in [0.15, 0.2) is 67.0 Å². The van der Waals surface area contributed by atoms with Gasteiger partial charge in [0, 0.05) is 55.7 Å². The maximum absolute atomic E-state index is 12.8. The predicted octanol–water partition coefficient (Wildman–Crippen LogP) is 3.60. The Kier molecular flexibility index (Phi) is 4.99. The van der Waals surface area contributed by atoms with E-state index >= 15 is 0 Å². The van der Waals surface area contributed by atoms with Crippen molar-refractivity contribution >= 4 is 28.9 Å². The second-order valence-corrected chi connectivity index (χ2v) is 7.19. The number of fused-ring (bicyclic) bond motifs is 1. The van der Waals surface area contributed by atoms with Gasteiger partial charge < -0.3 is 15.1 Å². The Balaban J connectivity index is 1.51. The zero-order valence-electron chi connectivity index (χ0n) is 16.4. The van der Waals surface area contributed by atoms with Crippen molar-refractivity contribution in [3.8, 4) is 0 Å². The number of benzene rings is 2. The Morgan fingerprint density at radius 3 is 2.62 bits per heavy atom. The molecule has 0 atom stereocenters. The van der Waals surface area contributed by atoms with E-state index in [0.717, 1.165) is 29.0 Å². The summed E-state index contributed by atoms with van der Waals surface area (Å²) in [5, 5.41) is 2.96. The zero-order valence-corrected chi connectivity index (χ0v) is 16.4. The fourth-order valence-corrected chi connectivity index (χ4v) is 3.46. The molecule has 6 heteroatoms. The lowest BCUT2D eigenvalue weighted by Crippen LogP contribution is -2.28. The summed E-state index contributed by atoms with van der Waals surface area (Å²) in [5.74, 6) is -0.218. The molecule has 146 valence electrons. The Bertz CT molecular complexity index is 1060. The lowest BCUT2D eigenvalue weighted by molar-refractivity contribution is 0.0987. The minimum Gasteiger partial charge on any atom is -0.378 e. The average Bonchev–Trinajstić information content (AvgIpc) is 3.17. The van der Waals surface area contributed by atoms with Crippen molar-refractivity contribution < 1.29 is 9.59 Å². The molecule has 2 aromatic carbocycles. The van der Waals surface area contributed by atoms with Gasteiger partial charge in [0.15, 0.2) is 0 Å². The molecule has 0 unspecified atom stereocenters. The highest BCUT2D eigenvalue weighted by atomic mass is 16.2. The first-order valence-corrected chi connectivity index (χ1v) is 9.46. The van der Waals surface area contributed by atoms with Crippen LogP contribution >= 0.6 is 0 Å². The molecular weight excluding hydrogens is 364 g/mol. The number of amides is 2. The van der Waals surface area contributed by atoms with Gasteiger partial charge in [-0.05, 0) is 60.5 Å². The topological polar surface area (TPSA) is 65.5 Å². The van der Waals surface area contributed by atoms with Gasteiger partial charge in [0.25, 0.3) is 11.8 Å². The number of carbonyl (C=O) groups is 2. The van der Waals surface area contributed by atoms with E-state index in [2.05, 4.69) is 10.3 Å². The van der Waals surface area contributed by atoms with E-state index in [1.807, 2.05) is 55.4 Å². The van der Waals surface area contributed by atoms with Crippen LogP contribution in [0.1, 0.15) is 26.3 Å². The number of nitrogens with zero attached hydrogens (tertiary/aromatic N) is 3. The maximum Gasteiger partial charge on any atom is 0.259 e. The molecule has 1 aromatic heterocycles. The summed E-state index contributed by atoms with van der Waals surface area (Å²) >= 11 is 0. The minimum atomic E-state index is -0.157. The first kappa shape index (κ1) is 18.7. The van der Waals surface area contributed by atoms with Crippen LogP contribution in [0, 0.1) is 0 Å². The van der Waals surface area contributed by atoms with E-state index in [9.17, 15) is 9.59 Å². The predicted molar refractivity (Wildman–Crippen MR) is 115 cm³/mol. The van der Waals surface area contributed by atoms with E-state index in [1.165, 1.54) is 0 Å². The molecule has 1 aliphatic rings. The molecule has 3 aromatic rings. The van der Waals surface area contributed by atoms with Crippen molar-refractivity contribution in [3.05, 3.63) is 83.7 Å². The zero-order chi connectivity index (χ0) is 20.4. The Morgan fingerprint density at radius 1 is 1.03 bits per heavy atom. The molecule has 1 N–H and O–H groups in total. The molecule has 0 spiro atoms. The average molecular weight is 386 g/mol. The number of hydrogen-bond donors (Lipinski definition) is 1. The minimum absolute atomic E-state index is 0.0610. The highest BCUT2D eigenvalue weighted by molar-refractivity contribution is 6.08. The first-order chi connectivity index (χ1) is 14.0. The van der Waals surface area contributed by atoms with Crippen molar-refractivity contribution in [2.75, 3.05) is 35.8 Å². The normalized spacial score (nSPS) is 12.4. The fourth-order valence-electron chi connectivity index (χ4n) is 3.46. The third-order valence-electron chi connectivity index (χ3n) is 5.01. The summed E-state index contributed by atoms with van der Waals surface area (Å²) in [6, 6.07) is 16.7. The SMILES string of the molecule is CN(C)c1cccc(C(=O)Nc2ccc3c(c2)CCN3C(=O)c2cccnc2)c1. The van der Waals surface area contributed by atoms with Crippen LogP contribution in [0.25, 0.3) is 0 Å². The molecule has 1 aliphatic heterocycles. The van der Waals surface area contributed by atoms with Crippen molar-refractivity contribution in [2.45, 2.75) is 6.42 Å². The van der Waals surface area contributed by atoms with Crippen LogP contribution in [0.3, 0.4) is 0 Å². The van der Waals surface area contributed by atoms with E-state index in [1.54, 1.807) is 35.5 Å². The van der Waals surface area contributed by atoms with Crippen LogP contribution in [-0.2, 0) is 6.42 Å². The maximum atomic E-state index is 12.8. The van der Waals surface area contributed by atoms with Gasteiger partial charge in [-0.1, -0.05) is 6.07 Å². The fraction of sp³-hybridized carbons (Fsp3) is 0.174. The molecule has 0 fully saturated rings. The van der Waals surface area contributed by atoms with Gasteiger partial charge in [-0.15, -0.1) is 0 Å². The third-order valence-corrected chi connectivity index (χ3v) is 5.01. The van der Waals surface area contributed by atoms with Gasteiger partial charge >= 0.3 is 0 Å². The number of anilines is 3. The molecule has 0 radical (unpaired) electrons. The monoisotopic (exact) mass is 386 g/mol. The molecule has 6 nitrogen and oxygen atoms in total. The first-order valence-electron chi connectivity index (χ1n) is 9.46. The van der Waals surface area contributed by atoms with Gasteiger partial charge in [-0.2, -0.15) is 0 Å². The van der Waals surface area contributed by atoms with E-state index in [-0.39, 0.29) is 11.8 Å². The molecule has 0 saturated carbocycles. The summed E-state index contributed by atoms with van der Waals surface area (Å²) in [7, 11) is 3.88. The van der Waals surface area contributed by atoms with Crippen molar-refractivity contribution in [1.29, 1.82) is 0 Å². The number of nitrogens with one attached hydrogen (secondary N) is 1. The van der Waals surface area contributed by atoms with Gasteiger partial charge in [0.05, 0.1) is 5.56 Å². The summed E-state index contributed by atoms with van der Waals surface area (Å²) in [6.07, 6.45) is 3.98. The van der Waals surface area contributed by atoms with Crippen LogP contribution in [0.4, 0.5) is 17.1 Å². The molecule has 2 heterocycles. The van der Waals surface area contributed by atoms with Crippen LogP contribution in [0.5, 0.6) is 0 Å². The second kappa shape index (κ2) is 7.75. The Morgan fingerprint density at radius 2 is 1.86 bits per heavy atom.